The van der Waals surface area contributed by atoms with Gasteiger partial charge in [0.25, 0.3) is 0 Å². The van der Waals surface area contributed by atoms with Crippen molar-refractivity contribution in [3.8, 4) is 0 Å². The van der Waals surface area contributed by atoms with Crippen molar-refractivity contribution in [2.24, 2.45) is 17.3 Å². The van der Waals surface area contributed by atoms with Gasteiger partial charge < -0.3 is 10.2 Å². The summed E-state index contributed by atoms with van der Waals surface area (Å²) in [6.07, 6.45) is 8.30. The Bertz CT molecular complexity index is 776. The normalized spacial score (nSPS) is 26.4. The fraction of sp³-hybridized carbons (Fsp3) is 0.640. The maximum atomic E-state index is 12.7. The number of fused-ring (bicyclic) bond motifs is 1. The monoisotopic (exact) mass is 395 g/mol. The first-order valence-corrected chi connectivity index (χ1v) is 11.4. The number of aryl methyl sites for hydroxylation is 1. The quantitative estimate of drug-likeness (QED) is 0.698. The number of nitrogens with one attached hydrogen (secondary N) is 1. The maximum absolute atomic E-state index is 12.7. The van der Waals surface area contributed by atoms with Crippen LogP contribution in [0.3, 0.4) is 0 Å². The molecule has 4 nitrogen and oxygen atoms in total. The van der Waals surface area contributed by atoms with Crippen LogP contribution in [0, 0.1) is 17.3 Å². The Labute approximate surface area is 176 Å². The van der Waals surface area contributed by atoms with Crippen LogP contribution in [0.25, 0.3) is 0 Å². The van der Waals surface area contributed by atoms with Gasteiger partial charge in [-0.15, -0.1) is 0 Å². The largest absolute Gasteiger partial charge is 0.325 e. The molecule has 2 unspecified atom stereocenters. The second-order valence-electron chi connectivity index (χ2n) is 9.92. The number of hydrogen-bond acceptors (Lipinski definition) is 2. The van der Waals surface area contributed by atoms with Crippen LogP contribution in [-0.2, 0) is 6.42 Å². The van der Waals surface area contributed by atoms with Crippen LogP contribution in [0.15, 0.2) is 35.9 Å². The van der Waals surface area contributed by atoms with Gasteiger partial charge in [-0.05, 0) is 67.1 Å². The lowest BCUT2D eigenvalue weighted by Gasteiger charge is -2.57. The van der Waals surface area contributed by atoms with Gasteiger partial charge in [-0.2, -0.15) is 0 Å². The summed E-state index contributed by atoms with van der Waals surface area (Å²) in [4.78, 5) is 17.2. The van der Waals surface area contributed by atoms with E-state index in [9.17, 15) is 4.79 Å². The molecular weight excluding hydrogens is 358 g/mol. The Morgan fingerprint density at radius 1 is 1.28 bits per heavy atom. The zero-order valence-corrected chi connectivity index (χ0v) is 18.6. The van der Waals surface area contributed by atoms with Crippen molar-refractivity contribution in [1.82, 2.24) is 9.80 Å². The molecule has 1 aromatic rings. The van der Waals surface area contributed by atoms with Gasteiger partial charge in [0.2, 0.25) is 0 Å². The van der Waals surface area contributed by atoms with Gasteiger partial charge in [-0.25, -0.2) is 4.79 Å². The summed E-state index contributed by atoms with van der Waals surface area (Å²) in [6, 6.07) is 8.48. The summed E-state index contributed by atoms with van der Waals surface area (Å²) in [5.41, 5.74) is 4.33. The maximum Gasteiger partial charge on any atom is 0.321 e. The molecule has 1 aromatic carbocycles. The molecule has 158 valence electrons. The molecule has 2 fully saturated rings. The molecule has 1 saturated heterocycles. The standard InChI is InChI=1S/C25H37N3O/c1-5-18-7-6-8-21(15-18)26-24(29)27(4)22-11-13-28(14-12-22)17-19-9-10-20-16-23(19)25(20,2)3/h6-9,15,20,22-23H,5,10-14,16-17H2,1-4H3,(H,26,29). The van der Waals surface area contributed by atoms with Crippen molar-refractivity contribution in [2.45, 2.75) is 58.9 Å². The summed E-state index contributed by atoms with van der Waals surface area (Å²) >= 11 is 0. The number of allylic oxidation sites excluding steroid dienone is 1. The number of carbonyl (C=O) groups is 1. The lowest BCUT2D eigenvalue weighted by atomic mass is 9.49. The summed E-state index contributed by atoms with van der Waals surface area (Å²) in [7, 11) is 1.94. The third kappa shape index (κ3) is 4.09. The first kappa shape index (κ1) is 20.5. The first-order valence-electron chi connectivity index (χ1n) is 11.4. The van der Waals surface area contributed by atoms with E-state index in [0.29, 0.717) is 11.5 Å². The highest BCUT2D eigenvalue weighted by molar-refractivity contribution is 5.89. The Morgan fingerprint density at radius 2 is 2.03 bits per heavy atom. The molecule has 0 radical (unpaired) electrons. The fourth-order valence-electron chi connectivity index (χ4n) is 5.63. The SMILES string of the molecule is CCc1cccc(NC(=O)N(C)C2CCN(CC3=CCC4CC3C4(C)C)CC2)c1. The first-order chi connectivity index (χ1) is 13.9. The Hall–Kier alpha value is -1.81. The number of likely N-dealkylation sites (tertiary alicyclic amines) is 1. The molecule has 3 aliphatic carbocycles. The molecule has 5 rings (SSSR count). The second kappa shape index (κ2) is 8.14. The van der Waals surface area contributed by atoms with Gasteiger partial charge in [0.05, 0.1) is 0 Å². The summed E-state index contributed by atoms with van der Waals surface area (Å²) in [6.45, 7) is 10.3. The summed E-state index contributed by atoms with van der Waals surface area (Å²) in [5.74, 6) is 1.71. The number of benzene rings is 1. The number of piperidine rings is 1. The molecule has 4 heteroatoms. The average molecular weight is 396 g/mol. The van der Waals surface area contributed by atoms with Gasteiger partial charge in [-0.1, -0.05) is 44.6 Å². The average Bonchev–Trinajstić information content (AvgIpc) is 2.73. The predicted molar refractivity (Wildman–Crippen MR) is 120 cm³/mol. The van der Waals surface area contributed by atoms with Crippen LogP contribution in [-0.4, -0.2) is 48.6 Å². The van der Waals surface area contributed by atoms with Crippen LogP contribution in [0.4, 0.5) is 10.5 Å². The molecule has 0 spiro atoms. The van der Waals surface area contributed by atoms with Gasteiger partial charge >= 0.3 is 6.03 Å². The predicted octanol–water partition coefficient (Wildman–Crippen LogP) is 5.17. The van der Waals surface area contributed by atoms with E-state index < -0.39 is 0 Å². The van der Waals surface area contributed by atoms with Crippen molar-refractivity contribution in [3.05, 3.63) is 41.5 Å². The zero-order chi connectivity index (χ0) is 20.6. The number of amides is 2. The van der Waals surface area contributed by atoms with E-state index in [1.807, 2.05) is 24.1 Å². The number of nitrogens with zero attached hydrogens (tertiary/aromatic N) is 2. The lowest BCUT2D eigenvalue weighted by Crippen LogP contribution is -2.51. The van der Waals surface area contributed by atoms with E-state index in [4.69, 9.17) is 0 Å². The molecule has 1 N–H and O–H groups in total. The van der Waals surface area contributed by atoms with E-state index in [1.54, 1.807) is 5.57 Å². The number of anilines is 1. The smallest absolute Gasteiger partial charge is 0.321 e. The van der Waals surface area contributed by atoms with Gasteiger partial charge in [-0.3, -0.25) is 4.90 Å². The zero-order valence-electron chi connectivity index (χ0n) is 18.6. The van der Waals surface area contributed by atoms with Crippen molar-refractivity contribution in [3.63, 3.8) is 0 Å². The van der Waals surface area contributed by atoms with Crippen molar-refractivity contribution in [2.75, 3.05) is 32.0 Å². The summed E-state index contributed by atoms with van der Waals surface area (Å²) < 4.78 is 0. The van der Waals surface area contributed by atoms with Crippen LogP contribution in [0.2, 0.25) is 0 Å². The van der Waals surface area contributed by atoms with Crippen LogP contribution < -0.4 is 5.32 Å². The molecule has 2 amide bonds. The van der Waals surface area contributed by atoms with E-state index >= 15 is 0 Å². The Kier molecular flexibility index (Phi) is 5.74. The highest BCUT2D eigenvalue weighted by Crippen LogP contribution is 2.59. The number of carbonyl (C=O) groups excluding carboxylic acids is 1. The molecule has 0 aromatic heterocycles. The number of hydrogen-bond donors (Lipinski definition) is 1. The van der Waals surface area contributed by atoms with Crippen molar-refractivity contribution < 1.29 is 4.79 Å². The van der Waals surface area contributed by atoms with E-state index in [-0.39, 0.29) is 6.03 Å². The summed E-state index contributed by atoms with van der Waals surface area (Å²) in [5, 5.41) is 3.07. The molecule has 2 bridgehead atoms. The minimum Gasteiger partial charge on any atom is -0.325 e. The van der Waals surface area contributed by atoms with Crippen LogP contribution in [0.5, 0.6) is 0 Å². The van der Waals surface area contributed by atoms with Gasteiger partial charge in [0.15, 0.2) is 0 Å². The molecule has 4 aliphatic rings. The molecule has 1 saturated carbocycles. The third-order valence-electron chi connectivity index (χ3n) is 8.00. The Balaban J connectivity index is 1.27. The molecule has 29 heavy (non-hydrogen) atoms. The third-order valence-corrected chi connectivity index (χ3v) is 8.00. The fourth-order valence-corrected chi connectivity index (χ4v) is 5.63. The molecule has 2 atom stereocenters. The highest BCUT2D eigenvalue weighted by atomic mass is 16.2. The second-order valence-corrected chi connectivity index (χ2v) is 9.92. The lowest BCUT2D eigenvalue weighted by molar-refractivity contribution is -0.0116. The minimum absolute atomic E-state index is 0.00829. The molecule has 1 aliphatic heterocycles. The van der Waals surface area contributed by atoms with Crippen molar-refractivity contribution >= 4 is 11.7 Å². The minimum atomic E-state index is 0.00829. The Morgan fingerprint density at radius 3 is 2.69 bits per heavy atom. The molecule has 1 heterocycles. The van der Waals surface area contributed by atoms with Crippen molar-refractivity contribution in [1.29, 1.82) is 0 Å². The topological polar surface area (TPSA) is 35.6 Å². The van der Waals surface area contributed by atoms with E-state index in [1.165, 1.54) is 18.4 Å². The van der Waals surface area contributed by atoms with Gasteiger partial charge in [0, 0.05) is 38.4 Å². The number of rotatable bonds is 5. The van der Waals surface area contributed by atoms with Gasteiger partial charge in [0.1, 0.15) is 0 Å². The van der Waals surface area contributed by atoms with Crippen LogP contribution in [0.1, 0.15) is 52.0 Å². The highest BCUT2D eigenvalue weighted by Gasteiger charge is 2.51. The van der Waals surface area contributed by atoms with E-state index in [0.717, 1.165) is 56.4 Å². The van der Waals surface area contributed by atoms with E-state index in [2.05, 4.69) is 49.2 Å². The van der Waals surface area contributed by atoms with Crippen LogP contribution >= 0.6 is 0 Å². The number of urea groups is 1. The molecular formula is C25H37N3O.